The van der Waals surface area contributed by atoms with E-state index in [0.29, 0.717) is 0 Å². The largest absolute Gasteiger partial charge is 0.377 e. The molecule has 4 nitrogen and oxygen atoms in total. The number of H-pyrrole nitrogens is 1. The monoisotopic (exact) mass is 299 g/mol. The average molecular weight is 299 g/mol. The fourth-order valence-corrected chi connectivity index (χ4v) is 3.80. The van der Waals surface area contributed by atoms with Gasteiger partial charge in [-0.05, 0) is 50.0 Å². The minimum absolute atomic E-state index is 0.249. The quantitative estimate of drug-likeness (QED) is 0.891. The number of hydrogen-bond donors (Lipinski definition) is 2. The third kappa shape index (κ3) is 2.45. The lowest BCUT2D eigenvalue weighted by Crippen LogP contribution is -2.66. The number of aromatic nitrogens is 1. The van der Waals surface area contributed by atoms with Gasteiger partial charge in [-0.2, -0.15) is 0 Å². The Bertz CT molecular complexity index is 653. The molecule has 2 aliphatic rings. The second-order valence-electron chi connectivity index (χ2n) is 6.88. The van der Waals surface area contributed by atoms with Crippen LogP contribution in [0.25, 0.3) is 10.9 Å². The van der Waals surface area contributed by atoms with Crippen LogP contribution in [0.15, 0.2) is 24.4 Å². The molecule has 22 heavy (non-hydrogen) atoms. The number of likely N-dealkylation sites (tertiary alicyclic amines) is 1. The lowest BCUT2D eigenvalue weighted by Gasteiger charge is -2.48. The van der Waals surface area contributed by atoms with E-state index in [0.717, 1.165) is 26.3 Å². The molecule has 1 aromatic heterocycles. The Kier molecular flexibility index (Phi) is 3.68. The molecule has 0 saturated carbocycles. The van der Waals surface area contributed by atoms with Gasteiger partial charge in [-0.15, -0.1) is 0 Å². The van der Waals surface area contributed by atoms with Crippen molar-refractivity contribution in [1.82, 2.24) is 15.2 Å². The summed E-state index contributed by atoms with van der Waals surface area (Å²) in [5.41, 5.74) is 4.14. The molecule has 0 radical (unpaired) electrons. The zero-order valence-electron chi connectivity index (χ0n) is 13.3. The average Bonchev–Trinajstić information content (AvgIpc) is 3.11. The first-order valence-corrected chi connectivity index (χ1v) is 8.37. The van der Waals surface area contributed by atoms with Crippen molar-refractivity contribution in [2.45, 2.75) is 31.8 Å². The standard InChI is InChI=1S/C18H25N3O/c1-14-4-5-16-15(10-20-17(16)8-14)9-19-11-18(12-22-13-18)21-6-2-3-7-21/h4-5,8,10,19-20H,2-3,6-7,9,11-13H2,1H3. The first-order chi connectivity index (χ1) is 10.8. The normalized spacial score (nSPS) is 21.3. The zero-order chi connectivity index (χ0) is 15.0. The van der Waals surface area contributed by atoms with E-state index in [-0.39, 0.29) is 5.54 Å². The Hall–Kier alpha value is -1.36. The summed E-state index contributed by atoms with van der Waals surface area (Å²) < 4.78 is 5.53. The van der Waals surface area contributed by atoms with Crippen LogP contribution in [0.2, 0.25) is 0 Å². The molecular formula is C18H25N3O. The Morgan fingerprint density at radius 3 is 2.82 bits per heavy atom. The molecule has 4 heteroatoms. The van der Waals surface area contributed by atoms with Crippen molar-refractivity contribution in [3.8, 4) is 0 Å². The van der Waals surface area contributed by atoms with Gasteiger partial charge < -0.3 is 15.0 Å². The van der Waals surface area contributed by atoms with Gasteiger partial charge in [-0.25, -0.2) is 0 Å². The van der Waals surface area contributed by atoms with Gasteiger partial charge in [0, 0.05) is 30.2 Å². The number of fused-ring (bicyclic) bond motifs is 1. The SMILES string of the molecule is Cc1ccc2c(CNCC3(N4CCCC4)COC3)c[nH]c2c1. The van der Waals surface area contributed by atoms with Crippen molar-refractivity contribution in [3.05, 3.63) is 35.5 Å². The van der Waals surface area contributed by atoms with Crippen molar-refractivity contribution >= 4 is 10.9 Å². The fourth-order valence-electron chi connectivity index (χ4n) is 3.80. The van der Waals surface area contributed by atoms with E-state index in [1.807, 2.05) is 0 Å². The topological polar surface area (TPSA) is 40.3 Å². The van der Waals surface area contributed by atoms with Crippen LogP contribution >= 0.6 is 0 Å². The van der Waals surface area contributed by atoms with E-state index in [1.54, 1.807) is 0 Å². The van der Waals surface area contributed by atoms with Crippen molar-refractivity contribution < 1.29 is 4.74 Å². The molecule has 2 saturated heterocycles. The summed E-state index contributed by atoms with van der Waals surface area (Å²) in [4.78, 5) is 6.01. The van der Waals surface area contributed by atoms with Crippen LogP contribution in [0, 0.1) is 6.92 Å². The molecule has 2 N–H and O–H groups in total. The van der Waals surface area contributed by atoms with Crippen LogP contribution in [0.4, 0.5) is 0 Å². The minimum atomic E-state index is 0.249. The first-order valence-electron chi connectivity index (χ1n) is 8.37. The number of nitrogens with one attached hydrogen (secondary N) is 2. The molecule has 0 amide bonds. The second-order valence-corrected chi connectivity index (χ2v) is 6.88. The van der Waals surface area contributed by atoms with Crippen LogP contribution in [-0.4, -0.2) is 48.3 Å². The van der Waals surface area contributed by atoms with Gasteiger partial charge in [0.2, 0.25) is 0 Å². The Labute approximate surface area is 131 Å². The van der Waals surface area contributed by atoms with Gasteiger partial charge in [0.05, 0.1) is 18.8 Å². The van der Waals surface area contributed by atoms with E-state index in [2.05, 4.69) is 46.5 Å². The van der Waals surface area contributed by atoms with E-state index in [4.69, 9.17) is 4.74 Å². The van der Waals surface area contributed by atoms with Gasteiger partial charge in [0.15, 0.2) is 0 Å². The molecule has 0 spiro atoms. The smallest absolute Gasteiger partial charge is 0.0804 e. The first kappa shape index (κ1) is 14.2. The van der Waals surface area contributed by atoms with E-state index in [9.17, 15) is 0 Å². The molecule has 2 fully saturated rings. The highest BCUT2D eigenvalue weighted by atomic mass is 16.5. The van der Waals surface area contributed by atoms with Gasteiger partial charge in [-0.1, -0.05) is 12.1 Å². The number of ether oxygens (including phenoxy) is 1. The van der Waals surface area contributed by atoms with Crippen LogP contribution in [0.1, 0.15) is 24.0 Å². The van der Waals surface area contributed by atoms with Gasteiger partial charge in [0.25, 0.3) is 0 Å². The molecule has 3 heterocycles. The third-order valence-corrected chi connectivity index (χ3v) is 5.21. The number of benzene rings is 1. The lowest BCUT2D eigenvalue weighted by molar-refractivity contribution is -0.131. The molecule has 0 bridgehead atoms. The Morgan fingerprint density at radius 1 is 1.27 bits per heavy atom. The summed E-state index contributed by atoms with van der Waals surface area (Å²) in [5.74, 6) is 0. The highest BCUT2D eigenvalue weighted by Gasteiger charge is 2.44. The number of aryl methyl sites for hydroxylation is 1. The van der Waals surface area contributed by atoms with Crippen molar-refractivity contribution in [2.75, 3.05) is 32.8 Å². The predicted molar refractivity (Wildman–Crippen MR) is 89.1 cm³/mol. The summed E-state index contributed by atoms with van der Waals surface area (Å²) in [5, 5.41) is 5.00. The molecule has 0 unspecified atom stereocenters. The highest BCUT2D eigenvalue weighted by molar-refractivity contribution is 5.83. The summed E-state index contributed by atoms with van der Waals surface area (Å²) >= 11 is 0. The minimum Gasteiger partial charge on any atom is -0.377 e. The molecule has 0 atom stereocenters. The van der Waals surface area contributed by atoms with Crippen molar-refractivity contribution in [3.63, 3.8) is 0 Å². The molecule has 1 aromatic carbocycles. The molecule has 2 aliphatic heterocycles. The highest BCUT2D eigenvalue weighted by Crippen LogP contribution is 2.28. The fraction of sp³-hybridized carbons (Fsp3) is 0.556. The summed E-state index contributed by atoms with van der Waals surface area (Å²) in [6, 6.07) is 6.62. The van der Waals surface area contributed by atoms with E-state index < -0.39 is 0 Å². The number of aromatic amines is 1. The Morgan fingerprint density at radius 2 is 2.09 bits per heavy atom. The number of nitrogens with zero attached hydrogens (tertiary/aromatic N) is 1. The molecular weight excluding hydrogens is 274 g/mol. The summed E-state index contributed by atoms with van der Waals surface area (Å²) in [6.07, 6.45) is 4.81. The van der Waals surface area contributed by atoms with Crippen LogP contribution < -0.4 is 5.32 Å². The van der Waals surface area contributed by atoms with Crippen molar-refractivity contribution in [1.29, 1.82) is 0 Å². The predicted octanol–water partition coefficient (Wildman–Crippen LogP) is 2.43. The maximum atomic E-state index is 5.53. The lowest BCUT2D eigenvalue weighted by atomic mass is 9.95. The van der Waals surface area contributed by atoms with E-state index >= 15 is 0 Å². The van der Waals surface area contributed by atoms with Crippen LogP contribution in [0.5, 0.6) is 0 Å². The maximum absolute atomic E-state index is 5.53. The second kappa shape index (κ2) is 5.69. The third-order valence-electron chi connectivity index (χ3n) is 5.21. The molecule has 2 aromatic rings. The number of hydrogen-bond acceptors (Lipinski definition) is 3. The van der Waals surface area contributed by atoms with E-state index in [1.165, 1.54) is 48.0 Å². The summed E-state index contributed by atoms with van der Waals surface area (Å²) in [7, 11) is 0. The summed E-state index contributed by atoms with van der Waals surface area (Å²) in [6.45, 7) is 8.30. The van der Waals surface area contributed by atoms with Gasteiger partial charge >= 0.3 is 0 Å². The van der Waals surface area contributed by atoms with Gasteiger partial charge in [0.1, 0.15) is 0 Å². The number of rotatable bonds is 5. The van der Waals surface area contributed by atoms with Crippen LogP contribution in [0.3, 0.4) is 0 Å². The molecule has 0 aliphatic carbocycles. The maximum Gasteiger partial charge on any atom is 0.0804 e. The van der Waals surface area contributed by atoms with Crippen LogP contribution in [-0.2, 0) is 11.3 Å². The van der Waals surface area contributed by atoms with Gasteiger partial charge in [-0.3, -0.25) is 4.90 Å². The zero-order valence-corrected chi connectivity index (χ0v) is 13.3. The Balaban J connectivity index is 1.41. The van der Waals surface area contributed by atoms with Crippen molar-refractivity contribution in [2.24, 2.45) is 0 Å². The molecule has 4 rings (SSSR count). The molecule has 118 valence electrons.